The molecule has 1 saturated heterocycles. The number of nitrogens with two attached hydrogens (primary N) is 1. The zero-order chi connectivity index (χ0) is 24.3. The lowest BCUT2D eigenvalue weighted by Crippen LogP contribution is -2.52. The third-order valence-electron chi connectivity index (χ3n) is 5.91. The zero-order valence-electron chi connectivity index (χ0n) is 19.2. The topological polar surface area (TPSA) is 108 Å². The van der Waals surface area contributed by atoms with E-state index in [1.54, 1.807) is 24.3 Å². The molecule has 178 valence electrons. The van der Waals surface area contributed by atoms with Gasteiger partial charge in [0.15, 0.2) is 0 Å². The van der Waals surface area contributed by atoms with E-state index in [0.29, 0.717) is 23.6 Å². The van der Waals surface area contributed by atoms with E-state index in [1.807, 2.05) is 26.0 Å². The smallest absolute Gasteiger partial charge is 0.303 e. The summed E-state index contributed by atoms with van der Waals surface area (Å²) < 4.78 is 17.5. The number of hydrogen-bond donors (Lipinski definition) is 2. The molecule has 0 spiro atoms. The number of benzene rings is 2. The van der Waals surface area contributed by atoms with Crippen LogP contribution in [0.15, 0.2) is 36.4 Å². The number of carbonyl (C=O) groups is 2. The van der Waals surface area contributed by atoms with Crippen LogP contribution in [-0.4, -0.2) is 35.4 Å². The SMILES string of the molecule is CC[C@H]1O[C@@H](c2ccc(Cl)c(Cc3ccc(O)c(N)c3)c2)[C@H](OC(C)=O)[C@@H](C)C1OC(C)=O. The highest BCUT2D eigenvalue weighted by Crippen LogP contribution is 2.41. The molecule has 0 saturated carbocycles. The first-order chi connectivity index (χ1) is 15.6. The van der Waals surface area contributed by atoms with Crippen LogP contribution in [0, 0.1) is 5.92 Å². The van der Waals surface area contributed by atoms with E-state index < -0.39 is 30.3 Å². The molecule has 1 heterocycles. The van der Waals surface area contributed by atoms with Crippen molar-refractivity contribution >= 4 is 29.2 Å². The van der Waals surface area contributed by atoms with Crippen LogP contribution in [0.1, 0.15) is 56.9 Å². The number of phenols is 1. The largest absolute Gasteiger partial charge is 0.506 e. The van der Waals surface area contributed by atoms with E-state index in [4.69, 9.17) is 31.5 Å². The minimum atomic E-state index is -0.645. The highest BCUT2D eigenvalue weighted by atomic mass is 35.5. The highest BCUT2D eigenvalue weighted by molar-refractivity contribution is 6.31. The van der Waals surface area contributed by atoms with Gasteiger partial charge in [-0.05, 0) is 47.7 Å². The monoisotopic (exact) mass is 475 g/mol. The maximum absolute atomic E-state index is 11.9. The van der Waals surface area contributed by atoms with Crippen LogP contribution in [0.2, 0.25) is 5.02 Å². The zero-order valence-corrected chi connectivity index (χ0v) is 20.0. The van der Waals surface area contributed by atoms with Crippen LogP contribution in [0.4, 0.5) is 5.69 Å². The molecule has 0 aliphatic carbocycles. The van der Waals surface area contributed by atoms with Crippen molar-refractivity contribution in [2.75, 3.05) is 5.73 Å². The van der Waals surface area contributed by atoms with Crippen LogP contribution in [0.25, 0.3) is 0 Å². The van der Waals surface area contributed by atoms with Crippen LogP contribution in [0.5, 0.6) is 5.75 Å². The van der Waals surface area contributed by atoms with E-state index >= 15 is 0 Å². The summed E-state index contributed by atoms with van der Waals surface area (Å²) in [5, 5.41) is 10.3. The molecule has 2 aromatic carbocycles. The van der Waals surface area contributed by atoms with Crippen molar-refractivity contribution in [2.24, 2.45) is 5.92 Å². The molecule has 5 atom stereocenters. The van der Waals surface area contributed by atoms with Gasteiger partial charge in [-0.2, -0.15) is 0 Å². The van der Waals surface area contributed by atoms with E-state index in [0.717, 1.165) is 16.7 Å². The number of esters is 2. The normalized spacial score (nSPS) is 24.8. The molecule has 2 aromatic rings. The van der Waals surface area contributed by atoms with Gasteiger partial charge in [0.2, 0.25) is 0 Å². The summed E-state index contributed by atoms with van der Waals surface area (Å²) in [4.78, 5) is 23.6. The van der Waals surface area contributed by atoms with Crippen molar-refractivity contribution < 1.29 is 28.9 Å². The van der Waals surface area contributed by atoms with E-state index in [-0.39, 0.29) is 17.8 Å². The molecule has 0 radical (unpaired) electrons. The van der Waals surface area contributed by atoms with Crippen molar-refractivity contribution in [2.45, 2.75) is 65.0 Å². The van der Waals surface area contributed by atoms with Crippen LogP contribution in [-0.2, 0) is 30.2 Å². The summed E-state index contributed by atoms with van der Waals surface area (Å²) in [6.07, 6.45) is -0.963. The number of nitrogen functional groups attached to an aromatic ring is 1. The van der Waals surface area contributed by atoms with Gasteiger partial charge in [-0.1, -0.05) is 43.6 Å². The maximum atomic E-state index is 11.9. The Morgan fingerprint density at radius 1 is 1.09 bits per heavy atom. The van der Waals surface area contributed by atoms with Crippen LogP contribution >= 0.6 is 11.6 Å². The summed E-state index contributed by atoms with van der Waals surface area (Å²) in [5.41, 5.74) is 8.66. The predicted molar refractivity (Wildman–Crippen MR) is 125 cm³/mol. The van der Waals surface area contributed by atoms with E-state index in [2.05, 4.69) is 0 Å². The maximum Gasteiger partial charge on any atom is 0.303 e. The van der Waals surface area contributed by atoms with Crippen molar-refractivity contribution in [3.8, 4) is 5.75 Å². The summed E-state index contributed by atoms with van der Waals surface area (Å²) in [6.45, 7) is 6.56. The standard InChI is InChI=1S/C25H30ClNO6/c1-5-22-23(31-14(3)28)13(2)24(32-15(4)29)25(33-22)17-7-8-19(26)18(12-17)10-16-6-9-21(30)20(27)11-16/h6-9,11-13,22-25,30H,5,10,27H2,1-4H3/t13-,22+,23?,24+,25-/m0/s1. The minimum Gasteiger partial charge on any atom is -0.506 e. The number of halogens is 1. The average molecular weight is 476 g/mol. The van der Waals surface area contributed by atoms with E-state index in [1.165, 1.54) is 13.8 Å². The second-order valence-corrected chi connectivity index (χ2v) is 8.84. The van der Waals surface area contributed by atoms with Gasteiger partial charge in [0, 0.05) is 24.8 Å². The Morgan fingerprint density at radius 2 is 1.76 bits per heavy atom. The van der Waals surface area contributed by atoms with Crippen molar-refractivity contribution in [3.05, 3.63) is 58.1 Å². The Bertz CT molecular complexity index is 1030. The Kier molecular flexibility index (Phi) is 7.87. The molecule has 0 bridgehead atoms. The van der Waals surface area contributed by atoms with Crippen LogP contribution in [0.3, 0.4) is 0 Å². The molecule has 0 aromatic heterocycles. The molecule has 33 heavy (non-hydrogen) atoms. The third-order valence-corrected chi connectivity index (χ3v) is 6.28. The lowest BCUT2D eigenvalue weighted by Gasteiger charge is -2.44. The molecular weight excluding hydrogens is 446 g/mol. The number of carbonyl (C=O) groups excluding carboxylic acids is 2. The molecule has 0 amide bonds. The first-order valence-electron chi connectivity index (χ1n) is 11.0. The molecule has 7 nitrogen and oxygen atoms in total. The quantitative estimate of drug-likeness (QED) is 0.358. The first kappa shape index (κ1) is 24.9. The van der Waals surface area contributed by atoms with Gasteiger partial charge in [0.1, 0.15) is 24.1 Å². The number of aromatic hydroxyl groups is 1. The number of rotatable bonds is 6. The summed E-state index contributed by atoms with van der Waals surface area (Å²) >= 11 is 6.48. The number of ether oxygens (including phenoxy) is 3. The lowest BCUT2D eigenvalue weighted by molar-refractivity contribution is -0.223. The molecule has 3 rings (SSSR count). The molecule has 1 fully saturated rings. The van der Waals surface area contributed by atoms with Crippen molar-refractivity contribution in [3.63, 3.8) is 0 Å². The molecule has 1 aliphatic heterocycles. The van der Waals surface area contributed by atoms with Gasteiger partial charge < -0.3 is 25.1 Å². The third kappa shape index (κ3) is 5.78. The first-order valence-corrected chi connectivity index (χ1v) is 11.3. The fraction of sp³-hybridized carbons (Fsp3) is 0.440. The lowest BCUT2D eigenvalue weighted by atomic mass is 9.83. The number of anilines is 1. The van der Waals surface area contributed by atoms with Crippen LogP contribution < -0.4 is 5.73 Å². The molecular formula is C25H30ClNO6. The van der Waals surface area contributed by atoms with Gasteiger partial charge >= 0.3 is 11.9 Å². The number of hydrogen-bond acceptors (Lipinski definition) is 7. The average Bonchev–Trinajstić information content (AvgIpc) is 2.75. The van der Waals surface area contributed by atoms with Crippen molar-refractivity contribution in [1.29, 1.82) is 0 Å². The molecule has 1 unspecified atom stereocenters. The second-order valence-electron chi connectivity index (χ2n) is 8.43. The molecule has 1 aliphatic rings. The van der Waals surface area contributed by atoms with Gasteiger partial charge in [0.25, 0.3) is 0 Å². The Labute approximate surface area is 198 Å². The molecule has 3 N–H and O–H groups in total. The fourth-order valence-corrected chi connectivity index (χ4v) is 4.50. The Balaban J connectivity index is 1.96. The summed E-state index contributed by atoms with van der Waals surface area (Å²) in [5.74, 6) is -1.10. The Morgan fingerprint density at radius 3 is 2.36 bits per heavy atom. The van der Waals surface area contributed by atoms with Crippen molar-refractivity contribution in [1.82, 2.24) is 0 Å². The summed E-state index contributed by atoms with van der Waals surface area (Å²) in [6, 6.07) is 10.6. The summed E-state index contributed by atoms with van der Waals surface area (Å²) in [7, 11) is 0. The van der Waals surface area contributed by atoms with Gasteiger partial charge in [-0.3, -0.25) is 9.59 Å². The van der Waals surface area contributed by atoms with E-state index in [9.17, 15) is 14.7 Å². The Hall–Kier alpha value is -2.77. The fourth-order valence-electron chi connectivity index (χ4n) is 4.32. The number of phenolic OH excluding ortho intramolecular Hbond substituents is 1. The van der Waals surface area contributed by atoms with Gasteiger partial charge in [-0.15, -0.1) is 0 Å². The predicted octanol–water partition coefficient (Wildman–Crippen LogP) is 4.57. The van der Waals surface area contributed by atoms with Gasteiger partial charge in [-0.25, -0.2) is 0 Å². The minimum absolute atomic E-state index is 0.0281. The molecule has 8 heteroatoms. The second kappa shape index (κ2) is 10.4. The highest BCUT2D eigenvalue weighted by Gasteiger charge is 2.47. The van der Waals surface area contributed by atoms with Gasteiger partial charge in [0.05, 0.1) is 11.8 Å².